The van der Waals surface area contributed by atoms with Gasteiger partial charge in [-0.15, -0.1) is 5.14 Å². The van der Waals surface area contributed by atoms with Crippen molar-refractivity contribution in [3.63, 3.8) is 0 Å². The number of aromatic nitrogens is 4. The predicted octanol–water partition coefficient (Wildman–Crippen LogP) is 6.14. The molecule has 6 N–H and O–H groups in total. The number of rotatable bonds is 6. The van der Waals surface area contributed by atoms with Crippen LogP contribution in [0.1, 0.15) is 11.4 Å². The van der Waals surface area contributed by atoms with Crippen LogP contribution in [0.25, 0.3) is 28.2 Å². The number of hydrogen-bond acceptors (Lipinski definition) is 7. The van der Waals surface area contributed by atoms with Crippen LogP contribution in [0.5, 0.6) is 0 Å². The van der Waals surface area contributed by atoms with Gasteiger partial charge in [-0.25, -0.2) is 9.97 Å². The molecule has 3 aromatic heterocycles. The number of halogens is 2. The highest BCUT2D eigenvalue weighted by Gasteiger charge is 2.20. The van der Waals surface area contributed by atoms with Crippen molar-refractivity contribution in [3.05, 3.63) is 75.6 Å². The maximum atomic E-state index is 11.7. The van der Waals surface area contributed by atoms with Crippen LogP contribution >= 0.6 is 39.5 Å². The molecule has 12 heteroatoms. The topological polar surface area (TPSA) is 134 Å². The Morgan fingerprint density at radius 1 is 1.19 bits per heavy atom. The SMILES string of the molecule is Cc1cc(-c2nc3c(Nc4cccc([S+](N)[O-])c4)c(Br)cnc3[nH]2)c(C)n1-c1cc(SN)ccc1Cl. The second-order valence-corrected chi connectivity index (χ2v) is 11.1. The third-order valence-electron chi connectivity index (χ3n) is 5.78. The van der Waals surface area contributed by atoms with Crippen molar-refractivity contribution in [3.8, 4) is 17.1 Å². The molecule has 0 saturated heterocycles. The molecule has 184 valence electrons. The molecule has 5 aromatic rings. The van der Waals surface area contributed by atoms with Crippen LogP contribution < -0.4 is 15.6 Å². The summed E-state index contributed by atoms with van der Waals surface area (Å²) in [4.78, 5) is 14.2. The smallest absolute Gasteiger partial charge is 0.175 e. The van der Waals surface area contributed by atoms with Crippen molar-refractivity contribution in [1.82, 2.24) is 19.5 Å². The predicted molar refractivity (Wildman–Crippen MR) is 151 cm³/mol. The first kappa shape index (κ1) is 25.2. The lowest BCUT2D eigenvalue weighted by Crippen LogP contribution is -2.12. The highest BCUT2D eigenvalue weighted by Crippen LogP contribution is 2.36. The number of imidazole rings is 1. The number of benzene rings is 2. The van der Waals surface area contributed by atoms with Gasteiger partial charge in [0, 0.05) is 39.8 Å². The van der Waals surface area contributed by atoms with Gasteiger partial charge in [-0.3, -0.25) is 5.14 Å². The third kappa shape index (κ3) is 4.63. The first-order chi connectivity index (χ1) is 17.3. The van der Waals surface area contributed by atoms with Gasteiger partial charge in [0.15, 0.2) is 10.5 Å². The van der Waals surface area contributed by atoms with Gasteiger partial charge >= 0.3 is 0 Å². The Labute approximate surface area is 228 Å². The highest BCUT2D eigenvalue weighted by atomic mass is 79.9. The third-order valence-corrected chi connectivity index (χ3v) is 7.95. The summed E-state index contributed by atoms with van der Waals surface area (Å²) in [7, 11) is 0. The molecule has 0 spiro atoms. The Morgan fingerprint density at radius 2 is 2.00 bits per heavy atom. The lowest BCUT2D eigenvalue weighted by molar-refractivity contribution is 0.597. The minimum absolute atomic E-state index is 0.521. The van der Waals surface area contributed by atoms with E-state index in [1.165, 1.54) is 11.9 Å². The molecule has 0 bridgehead atoms. The number of nitrogens with two attached hydrogens (primary N) is 2. The Balaban J connectivity index is 1.59. The Bertz CT molecular complexity index is 1600. The zero-order valence-electron chi connectivity index (χ0n) is 19.2. The van der Waals surface area contributed by atoms with Crippen LogP contribution in [0.3, 0.4) is 0 Å². The van der Waals surface area contributed by atoms with E-state index in [1.807, 2.05) is 38.1 Å². The fourth-order valence-corrected chi connectivity index (χ4v) is 5.50. The quantitative estimate of drug-likeness (QED) is 0.135. The van der Waals surface area contributed by atoms with Crippen LogP contribution in [0.2, 0.25) is 5.02 Å². The summed E-state index contributed by atoms with van der Waals surface area (Å²) >= 11 is 9.73. The molecule has 5 rings (SSSR count). The number of nitrogens with one attached hydrogen (secondary N) is 2. The summed E-state index contributed by atoms with van der Waals surface area (Å²) in [5, 5.41) is 15.3. The molecule has 0 radical (unpaired) electrons. The van der Waals surface area contributed by atoms with E-state index in [9.17, 15) is 4.55 Å². The van der Waals surface area contributed by atoms with Crippen LogP contribution in [-0.4, -0.2) is 24.1 Å². The van der Waals surface area contributed by atoms with Crippen molar-refractivity contribution in [2.45, 2.75) is 23.6 Å². The molecular weight excluding hydrogens is 582 g/mol. The zero-order valence-corrected chi connectivity index (χ0v) is 23.1. The number of nitrogens with zero attached hydrogens (tertiary/aromatic N) is 3. The fourth-order valence-electron chi connectivity index (χ4n) is 4.13. The lowest BCUT2D eigenvalue weighted by Gasteiger charge is -2.13. The van der Waals surface area contributed by atoms with E-state index in [2.05, 4.69) is 41.8 Å². The molecule has 3 heterocycles. The molecule has 36 heavy (non-hydrogen) atoms. The second-order valence-electron chi connectivity index (χ2n) is 8.07. The average molecular weight is 603 g/mol. The van der Waals surface area contributed by atoms with Crippen LogP contribution in [0.4, 0.5) is 11.4 Å². The molecule has 0 saturated carbocycles. The van der Waals surface area contributed by atoms with Crippen LogP contribution in [0.15, 0.2) is 69.0 Å². The Kier molecular flexibility index (Phi) is 7.05. The van der Waals surface area contributed by atoms with E-state index in [4.69, 9.17) is 26.9 Å². The summed E-state index contributed by atoms with van der Waals surface area (Å²) in [5.74, 6) is 0.676. The number of pyridine rings is 1. The van der Waals surface area contributed by atoms with E-state index >= 15 is 0 Å². The van der Waals surface area contributed by atoms with E-state index < -0.39 is 11.4 Å². The molecule has 2 aromatic carbocycles. The fraction of sp³-hybridized carbons (Fsp3) is 0.0833. The van der Waals surface area contributed by atoms with Crippen molar-refractivity contribution in [1.29, 1.82) is 0 Å². The summed E-state index contributed by atoms with van der Waals surface area (Å²) in [6, 6.07) is 14.9. The molecule has 1 atom stereocenters. The first-order valence-corrected chi connectivity index (χ1v) is 14.0. The van der Waals surface area contributed by atoms with Crippen LogP contribution in [-0.2, 0) is 11.4 Å². The maximum Gasteiger partial charge on any atom is 0.175 e. The normalized spacial score (nSPS) is 12.3. The van der Waals surface area contributed by atoms with E-state index in [1.54, 1.807) is 24.4 Å². The maximum absolute atomic E-state index is 11.7. The molecule has 8 nitrogen and oxygen atoms in total. The first-order valence-electron chi connectivity index (χ1n) is 10.7. The monoisotopic (exact) mass is 601 g/mol. The van der Waals surface area contributed by atoms with Gasteiger partial charge in [0.2, 0.25) is 0 Å². The molecule has 0 aliphatic heterocycles. The van der Waals surface area contributed by atoms with Gasteiger partial charge < -0.3 is 19.4 Å². The summed E-state index contributed by atoms with van der Waals surface area (Å²) in [6.07, 6.45) is 1.70. The van der Waals surface area contributed by atoms with Crippen LogP contribution in [0, 0.1) is 13.8 Å². The number of aryl methyl sites for hydroxylation is 1. The van der Waals surface area contributed by atoms with Gasteiger partial charge in [0.25, 0.3) is 0 Å². The Hall–Kier alpha value is -2.51. The van der Waals surface area contributed by atoms with E-state index in [-0.39, 0.29) is 0 Å². The number of anilines is 2. The van der Waals surface area contributed by atoms with Crippen molar-refractivity contribution >= 4 is 73.4 Å². The summed E-state index contributed by atoms with van der Waals surface area (Å²) < 4.78 is 14.5. The molecular formula is C24H21BrClN7OS2. The number of hydrogen-bond donors (Lipinski definition) is 4. The minimum atomic E-state index is -1.58. The summed E-state index contributed by atoms with van der Waals surface area (Å²) in [5.41, 5.74) is 6.49. The van der Waals surface area contributed by atoms with Gasteiger partial charge in [-0.2, -0.15) is 0 Å². The van der Waals surface area contributed by atoms with Gasteiger partial charge in [0.05, 0.1) is 32.2 Å². The second kappa shape index (κ2) is 10.1. The standard InChI is InChI=1S/C24H21BrClN7OS2/c1-12-8-17(13(2)33(12)20-10-15(35-27)6-7-19(20)26)23-31-22-21(18(25)11-29-24(22)32-23)30-14-4-3-5-16(9-14)36(28)34/h3-11H,27-28H2,1-2H3,(H2,29,30,31,32). The van der Waals surface area contributed by atoms with Gasteiger partial charge in [-0.1, -0.05) is 17.7 Å². The summed E-state index contributed by atoms with van der Waals surface area (Å²) in [6.45, 7) is 4.04. The molecule has 1 unspecified atom stereocenters. The lowest BCUT2D eigenvalue weighted by atomic mass is 10.2. The van der Waals surface area contributed by atoms with Crippen molar-refractivity contribution in [2.24, 2.45) is 10.3 Å². The Morgan fingerprint density at radius 3 is 2.75 bits per heavy atom. The number of H-pyrrole nitrogens is 1. The minimum Gasteiger partial charge on any atom is -0.593 e. The largest absolute Gasteiger partial charge is 0.593 e. The average Bonchev–Trinajstić information content (AvgIpc) is 3.42. The van der Waals surface area contributed by atoms with Gasteiger partial charge in [-0.05, 0) is 78.1 Å². The number of aromatic amines is 1. The number of fused-ring (bicyclic) bond motifs is 1. The van der Waals surface area contributed by atoms with E-state index in [0.29, 0.717) is 26.9 Å². The highest BCUT2D eigenvalue weighted by molar-refractivity contribution is 9.10. The van der Waals surface area contributed by atoms with E-state index in [0.717, 1.165) is 43.4 Å². The molecule has 0 fully saturated rings. The van der Waals surface area contributed by atoms with Crippen molar-refractivity contribution in [2.75, 3.05) is 5.32 Å². The molecule has 0 aliphatic carbocycles. The molecule has 0 aliphatic rings. The molecule has 0 amide bonds. The van der Waals surface area contributed by atoms with Crippen molar-refractivity contribution < 1.29 is 4.55 Å². The van der Waals surface area contributed by atoms with Gasteiger partial charge in [0.1, 0.15) is 11.3 Å². The zero-order chi connectivity index (χ0) is 25.6.